The summed E-state index contributed by atoms with van der Waals surface area (Å²) in [6.07, 6.45) is 0. The van der Waals surface area contributed by atoms with Crippen molar-refractivity contribution >= 4 is 17.3 Å². The highest BCUT2D eigenvalue weighted by molar-refractivity contribution is 6.07. The molecule has 0 fully saturated rings. The average molecular weight is 416 g/mol. The van der Waals surface area contributed by atoms with Gasteiger partial charge in [-0.25, -0.2) is 0 Å². The number of hydrogen-bond donors (Lipinski definition) is 1. The molecular formula is C24H20N2O5. The summed E-state index contributed by atoms with van der Waals surface area (Å²) in [7, 11) is 1.38. The van der Waals surface area contributed by atoms with Gasteiger partial charge in [0.25, 0.3) is 11.6 Å². The summed E-state index contributed by atoms with van der Waals surface area (Å²) < 4.78 is 10.6. The Morgan fingerprint density at radius 2 is 1.71 bits per heavy atom. The molecule has 0 aliphatic carbocycles. The van der Waals surface area contributed by atoms with Gasteiger partial charge in [-0.15, -0.1) is 0 Å². The van der Waals surface area contributed by atoms with Crippen molar-refractivity contribution in [1.82, 2.24) is 0 Å². The van der Waals surface area contributed by atoms with Gasteiger partial charge in [-0.05, 0) is 37.3 Å². The molecule has 0 aliphatic rings. The Kier molecular flexibility index (Phi) is 6.86. The van der Waals surface area contributed by atoms with Gasteiger partial charge < -0.3 is 14.8 Å². The number of carbonyl (C=O) groups excluding carboxylic acids is 1. The Bertz CT molecular complexity index is 1160. The van der Waals surface area contributed by atoms with Crippen molar-refractivity contribution < 1.29 is 19.2 Å². The predicted octanol–water partition coefficient (Wildman–Crippen LogP) is 4.65. The zero-order valence-corrected chi connectivity index (χ0v) is 17.0. The molecule has 31 heavy (non-hydrogen) atoms. The number of nitro benzene ring substituents is 1. The SMILES string of the molecule is CCOc1cc(C(=O)Nc2cccc(C#Cc3ccccc3)c2)c([N+](=O)[O-])cc1OC. The standard InChI is InChI=1S/C24H20N2O5/c1-3-31-23-15-20(21(26(28)29)16-22(23)30-2)24(27)25-19-11-7-10-18(14-19)13-12-17-8-5-4-6-9-17/h4-11,14-16H,3H2,1-2H3,(H,25,27). The number of benzene rings is 3. The van der Waals surface area contributed by atoms with E-state index in [4.69, 9.17) is 9.47 Å². The van der Waals surface area contributed by atoms with Crippen molar-refractivity contribution in [3.63, 3.8) is 0 Å². The molecule has 0 atom stereocenters. The molecule has 1 N–H and O–H groups in total. The Balaban J connectivity index is 1.88. The molecule has 0 heterocycles. The topological polar surface area (TPSA) is 90.7 Å². The van der Waals surface area contributed by atoms with Crippen molar-refractivity contribution in [1.29, 1.82) is 0 Å². The molecule has 3 rings (SSSR count). The number of methoxy groups -OCH3 is 1. The highest BCUT2D eigenvalue weighted by atomic mass is 16.6. The van der Waals surface area contributed by atoms with E-state index < -0.39 is 10.8 Å². The molecule has 3 aromatic rings. The summed E-state index contributed by atoms with van der Waals surface area (Å²) in [5, 5.41) is 14.2. The third-order valence-corrected chi connectivity index (χ3v) is 4.27. The fraction of sp³-hybridized carbons (Fsp3) is 0.125. The fourth-order valence-corrected chi connectivity index (χ4v) is 2.85. The van der Waals surface area contributed by atoms with Crippen LogP contribution in [0.5, 0.6) is 11.5 Å². The first-order valence-corrected chi connectivity index (χ1v) is 9.49. The molecule has 156 valence electrons. The van der Waals surface area contributed by atoms with Gasteiger partial charge in [0, 0.05) is 22.9 Å². The minimum atomic E-state index is -0.636. The van der Waals surface area contributed by atoms with Gasteiger partial charge >= 0.3 is 0 Å². The number of nitrogens with zero attached hydrogens (tertiary/aromatic N) is 1. The molecular weight excluding hydrogens is 396 g/mol. The largest absolute Gasteiger partial charge is 0.493 e. The van der Waals surface area contributed by atoms with Crippen LogP contribution in [0.25, 0.3) is 0 Å². The zero-order valence-electron chi connectivity index (χ0n) is 17.0. The van der Waals surface area contributed by atoms with Crippen LogP contribution in [0.15, 0.2) is 66.7 Å². The van der Waals surface area contributed by atoms with Crippen molar-refractivity contribution in [3.05, 3.63) is 93.5 Å². The van der Waals surface area contributed by atoms with E-state index in [0.717, 1.165) is 5.56 Å². The molecule has 1 amide bonds. The van der Waals surface area contributed by atoms with Crippen LogP contribution in [0.4, 0.5) is 11.4 Å². The summed E-state index contributed by atoms with van der Waals surface area (Å²) >= 11 is 0. The first-order chi connectivity index (χ1) is 15.0. The first kappa shape index (κ1) is 21.4. The molecule has 0 bridgehead atoms. The second-order valence-electron chi connectivity index (χ2n) is 6.36. The number of ether oxygens (including phenoxy) is 2. The number of anilines is 1. The third kappa shape index (κ3) is 5.40. The monoisotopic (exact) mass is 416 g/mol. The minimum absolute atomic E-state index is 0.130. The second-order valence-corrected chi connectivity index (χ2v) is 6.36. The van der Waals surface area contributed by atoms with Crippen LogP contribution in [0, 0.1) is 22.0 Å². The molecule has 0 unspecified atom stereocenters. The molecule has 0 spiro atoms. The minimum Gasteiger partial charge on any atom is -0.493 e. The number of nitrogens with one attached hydrogen (secondary N) is 1. The van der Waals surface area contributed by atoms with E-state index in [1.807, 2.05) is 36.4 Å². The van der Waals surface area contributed by atoms with Crippen molar-refractivity contribution in [2.45, 2.75) is 6.92 Å². The Labute approximate surface area is 179 Å². The Morgan fingerprint density at radius 3 is 2.39 bits per heavy atom. The molecule has 0 aliphatic heterocycles. The van der Waals surface area contributed by atoms with Crippen molar-refractivity contribution in [2.75, 3.05) is 19.0 Å². The number of nitro groups is 1. The Hall–Kier alpha value is -4.31. The third-order valence-electron chi connectivity index (χ3n) is 4.27. The number of rotatable bonds is 6. The molecule has 0 saturated carbocycles. The summed E-state index contributed by atoms with van der Waals surface area (Å²) in [4.78, 5) is 23.7. The van der Waals surface area contributed by atoms with Gasteiger partial charge in [-0.3, -0.25) is 14.9 Å². The van der Waals surface area contributed by atoms with Gasteiger partial charge in [0.15, 0.2) is 11.5 Å². The maximum absolute atomic E-state index is 12.8. The molecule has 0 radical (unpaired) electrons. The molecule has 3 aromatic carbocycles. The maximum atomic E-state index is 12.8. The molecule has 7 heteroatoms. The highest BCUT2D eigenvalue weighted by Gasteiger charge is 2.25. The van der Waals surface area contributed by atoms with Crippen molar-refractivity contribution in [2.24, 2.45) is 0 Å². The summed E-state index contributed by atoms with van der Waals surface area (Å²) in [5.74, 6) is 5.89. The van der Waals surface area contributed by atoms with Gasteiger partial charge in [-0.2, -0.15) is 0 Å². The van der Waals surface area contributed by atoms with Crippen LogP contribution in [0.2, 0.25) is 0 Å². The van der Waals surface area contributed by atoms with Crippen LogP contribution in [0.3, 0.4) is 0 Å². The molecule has 0 aromatic heterocycles. The fourth-order valence-electron chi connectivity index (χ4n) is 2.85. The van der Waals surface area contributed by atoms with E-state index in [-0.39, 0.29) is 22.7 Å². The van der Waals surface area contributed by atoms with E-state index in [1.165, 1.54) is 19.2 Å². The van der Waals surface area contributed by atoms with E-state index in [0.29, 0.717) is 17.9 Å². The Morgan fingerprint density at radius 1 is 1.00 bits per heavy atom. The van der Waals surface area contributed by atoms with Gasteiger partial charge in [-0.1, -0.05) is 36.1 Å². The number of carbonyl (C=O) groups is 1. The lowest BCUT2D eigenvalue weighted by Crippen LogP contribution is -2.14. The van der Waals surface area contributed by atoms with E-state index >= 15 is 0 Å². The normalized spacial score (nSPS) is 9.87. The van der Waals surface area contributed by atoms with Crippen LogP contribution in [0.1, 0.15) is 28.4 Å². The van der Waals surface area contributed by atoms with Gasteiger partial charge in [0.1, 0.15) is 5.56 Å². The summed E-state index contributed by atoms with van der Waals surface area (Å²) in [5.41, 5.74) is 1.52. The van der Waals surface area contributed by atoms with Gasteiger partial charge in [0.2, 0.25) is 0 Å². The smallest absolute Gasteiger partial charge is 0.286 e. The van der Waals surface area contributed by atoms with Crippen LogP contribution < -0.4 is 14.8 Å². The molecule has 7 nitrogen and oxygen atoms in total. The second kappa shape index (κ2) is 9.94. The predicted molar refractivity (Wildman–Crippen MR) is 118 cm³/mol. The average Bonchev–Trinajstić information content (AvgIpc) is 2.78. The summed E-state index contributed by atoms with van der Waals surface area (Å²) in [6.45, 7) is 2.08. The zero-order chi connectivity index (χ0) is 22.2. The van der Waals surface area contributed by atoms with Crippen LogP contribution in [-0.4, -0.2) is 24.5 Å². The lowest BCUT2D eigenvalue weighted by atomic mass is 10.1. The lowest BCUT2D eigenvalue weighted by molar-refractivity contribution is -0.385. The van der Waals surface area contributed by atoms with Crippen LogP contribution >= 0.6 is 0 Å². The van der Waals surface area contributed by atoms with Gasteiger partial charge in [0.05, 0.1) is 24.7 Å². The lowest BCUT2D eigenvalue weighted by Gasteiger charge is -2.12. The highest BCUT2D eigenvalue weighted by Crippen LogP contribution is 2.35. The molecule has 0 saturated heterocycles. The maximum Gasteiger partial charge on any atom is 0.286 e. The summed E-state index contributed by atoms with van der Waals surface area (Å²) in [6, 6.07) is 19.0. The van der Waals surface area contributed by atoms with E-state index in [2.05, 4.69) is 17.2 Å². The van der Waals surface area contributed by atoms with E-state index in [9.17, 15) is 14.9 Å². The van der Waals surface area contributed by atoms with E-state index in [1.54, 1.807) is 25.1 Å². The number of amides is 1. The first-order valence-electron chi connectivity index (χ1n) is 9.49. The number of hydrogen-bond acceptors (Lipinski definition) is 5. The van der Waals surface area contributed by atoms with Crippen LogP contribution in [-0.2, 0) is 0 Å². The quantitative estimate of drug-likeness (QED) is 0.359. The van der Waals surface area contributed by atoms with Crippen molar-refractivity contribution in [3.8, 4) is 23.3 Å².